The van der Waals surface area contributed by atoms with Crippen molar-refractivity contribution in [2.75, 3.05) is 5.32 Å². The summed E-state index contributed by atoms with van der Waals surface area (Å²) in [4.78, 5) is 20.1. The molecule has 6 aromatic rings. The van der Waals surface area contributed by atoms with E-state index in [1.165, 1.54) is 24.1 Å². The second kappa shape index (κ2) is 8.67. The largest absolute Gasteiger partial charge is 0.358 e. The molecule has 7 rings (SSSR count). The molecule has 0 radical (unpaired) electrons. The number of aromatic amines is 2. The lowest BCUT2D eigenvalue weighted by molar-refractivity contribution is 0.371. The van der Waals surface area contributed by atoms with Gasteiger partial charge in [0, 0.05) is 39.4 Å². The Kier molecular flexibility index (Phi) is 5.14. The third-order valence-electron chi connectivity index (χ3n) is 7.12. The molecule has 1 aliphatic carbocycles. The molecular formula is C29H25N7S. The Bertz CT molecular complexity index is 1790. The van der Waals surface area contributed by atoms with Gasteiger partial charge < -0.3 is 10.3 Å². The third kappa shape index (κ3) is 3.90. The van der Waals surface area contributed by atoms with Gasteiger partial charge in [0.25, 0.3) is 0 Å². The Balaban J connectivity index is 1.26. The molecule has 6 aromatic heterocycles. The van der Waals surface area contributed by atoms with Crippen molar-refractivity contribution in [1.29, 1.82) is 0 Å². The van der Waals surface area contributed by atoms with Crippen molar-refractivity contribution in [1.82, 2.24) is 30.1 Å². The van der Waals surface area contributed by atoms with Crippen LogP contribution >= 0.6 is 11.3 Å². The molecule has 1 aliphatic rings. The highest BCUT2D eigenvalue weighted by atomic mass is 32.1. The molecule has 0 atom stereocenters. The van der Waals surface area contributed by atoms with E-state index in [1.807, 2.05) is 36.8 Å². The van der Waals surface area contributed by atoms with E-state index in [-0.39, 0.29) is 0 Å². The number of fused-ring (bicyclic) bond motifs is 2. The van der Waals surface area contributed by atoms with E-state index in [4.69, 9.17) is 4.98 Å². The lowest BCUT2D eigenvalue weighted by Crippen LogP contribution is -2.18. The predicted molar refractivity (Wildman–Crippen MR) is 150 cm³/mol. The molecule has 0 unspecified atom stereocenters. The first kappa shape index (κ1) is 21.9. The number of nitrogens with one attached hydrogen (secondary N) is 3. The highest BCUT2D eigenvalue weighted by Crippen LogP contribution is 2.36. The van der Waals surface area contributed by atoms with E-state index in [1.54, 1.807) is 11.3 Å². The first-order valence-electron chi connectivity index (χ1n) is 12.4. The minimum absolute atomic E-state index is 0.558. The maximum atomic E-state index is 5.00. The average molecular weight is 504 g/mol. The summed E-state index contributed by atoms with van der Waals surface area (Å²) in [7, 11) is 0. The molecule has 1 saturated carbocycles. The molecule has 0 amide bonds. The molecule has 6 heterocycles. The molecule has 0 saturated heterocycles. The molecule has 7 nitrogen and oxygen atoms in total. The quantitative estimate of drug-likeness (QED) is 0.221. The lowest BCUT2D eigenvalue weighted by atomic mass is 9.83. The third-order valence-corrected chi connectivity index (χ3v) is 8.13. The van der Waals surface area contributed by atoms with Gasteiger partial charge in [-0.25, -0.2) is 4.98 Å². The molecule has 8 heteroatoms. The lowest BCUT2D eigenvalue weighted by Gasteiger charge is -2.28. The van der Waals surface area contributed by atoms with Crippen LogP contribution in [-0.4, -0.2) is 30.1 Å². The molecule has 182 valence electrons. The Morgan fingerprint density at radius 1 is 1.05 bits per heavy atom. The fourth-order valence-electron chi connectivity index (χ4n) is 4.88. The summed E-state index contributed by atoms with van der Waals surface area (Å²) in [6.07, 6.45) is 9.22. The van der Waals surface area contributed by atoms with Gasteiger partial charge in [-0.3, -0.25) is 15.1 Å². The summed E-state index contributed by atoms with van der Waals surface area (Å²) in [5.74, 6) is 0.558. The van der Waals surface area contributed by atoms with Crippen molar-refractivity contribution >= 4 is 39.0 Å². The van der Waals surface area contributed by atoms with Crippen molar-refractivity contribution in [3.8, 4) is 33.2 Å². The van der Waals surface area contributed by atoms with Crippen LogP contribution in [0.4, 0.5) is 5.69 Å². The Hall–Kier alpha value is -4.30. The number of aryl methyl sites for hydroxylation is 1. The molecule has 0 aliphatic heterocycles. The minimum Gasteiger partial charge on any atom is -0.358 e. The van der Waals surface area contributed by atoms with Crippen LogP contribution in [0.15, 0.2) is 73.3 Å². The van der Waals surface area contributed by atoms with Crippen LogP contribution in [0.1, 0.15) is 24.1 Å². The molecular weight excluding hydrogens is 478 g/mol. The van der Waals surface area contributed by atoms with Crippen LogP contribution in [0.3, 0.4) is 0 Å². The second-order valence-electron chi connectivity index (χ2n) is 9.62. The van der Waals surface area contributed by atoms with Crippen LogP contribution in [-0.2, 0) is 0 Å². The number of hydrogen-bond acceptors (Lipinski definition) is 6. The van der Waals surface area contributed by atoms with Crippen molar-refractivity contribution < 1.29 is 0 Å². The number of nitrogens with zero attached hydrogens (tertiary/aromatic N) is 4. The maximum absolute atomic E-state index is 5.00. The van der Waals surface area contributed by atoms with Gasteiger partial charge in [-0.15, -0.1) is 11.3 Å². The number of hydrogen-bond donors (Lipinski definition) is 3. The van der Waals surface area contributed by atoms with Crippen LogP contribution in [0.2, 0.25) is 0 Å². The number of aromatic nitrogens is 6. The van der Waals surface area contributed by atoms with E-state index in [9.17, 15) is 0 Å². The molecule has 37 heavy (non-hydrogen) atoms. The van der Waals surface area contributed by atoms with Crippen molar-refractivity contribution in [2.45, 2.75) is 26.2 Å². The van der Waals surface area contributed by atoms with Crippen LogP contribution < -0.4 is 5.32 Å². The topological polar surface area (TPSA) is 95.2 Å². The van der Waals surface area contributed by atoms with Crippen LogP contribution in [0.25, 0.3) is 55.2 Å². The van der Waals surface area contributed by atoms with Gasteiger partial charge in [0.1, 0.15) is 11.2 Å². The minimum atomic E-state index is 0.558. The normalized spacial score (nSPS) is 13.8. The summed E-state index contributed by atoms with van der Waals surface area (Å²) in [5, 5.41) is 12.3. The number of H-pyrrole nitrogens is 2. The number of anilines is 1. The fourth-order valence-corrected chi connectivity index (χ4v) is 5.76. The summed E-state index contributed by atoms with van der Waals surface area (Å²) in [6.45, 7) is 6.34. The zero-order chi connectivity index (χ0) is 24.9. The van der Waals surface area contributed by atoms with E-state index >= 15 is 0 Å². The second-order valence-corrected chi connectivity index (χ2v) is 10.9. The molecule has 1 fully saturated rings. The molecule has 0 aromatic carbocycles. The van der Waals surface area contributed by atoms with E-state index in [2.05, 4.69) is 68.2 Å². The zero-order valence-corrected chi connectivity index (χ0v) is 21.2. The predicted octanol–water partition coefficient (Wildman–Crippen LogP) is 7.33. The van der Waals surface area contributed by atoms with Crippen molar-refractivity contribution in [3.05, 3.63) is 78.2 Å². The zero-order valence-electron chi connectivity index (χ0n) is 20.4. The van der Waals surface area contributed by atoms with Gasteiger partial charge in [-0.05, 0) is 68.1 Å². The standard InChI is InChI=1S/C29H25N7S/c1-16-6-9-26(37-16)27-21-13-25(33-23(21)10-11-31-27)29-28-24(35-36-29)8-7-22(34-28)19-12-20(15-30-14-19)32-17(2)18-4-3-5-18/h6-15,18,32-33H,2-5H2,1H3,(H,35,36). The van der Waals surface area contributed by atoms with Gasteiger partial charge in [0.05, 0.1) is 39.4 Å². The van der Waals surface area contributed by atoms with Crippen LogP contribution in [0.5, 0.6) is 0 Å². The van der Waals surface area contributed by atoms with E-state index < -0.39 is 0 Å². The highest BCUT2D eigenvalue weighted by Gasteiger charge is 2.21. The van der Waals surface area contributed by atoms with E-state index in [0.29, 0.717) is 5.92 Å². The first-order chi connectivity index (χ1) is 18.1. The molecule has 3 N–H and O–H groups in total. The summed E-state index contributed by atoms with van der Waals surface area (Å²) in [5.41, 5.74) is 9.15. The number of rotatable bonds is 6. The monoisotopic (exact) mass is 503 g/mol. The van der Waals surface area contributed by atoms with Gasteiger partial charge >= 0.3 is 0 Å². The maximum Gasteiger partial charge on any atom is 0.135 e. The van der Waals surface area contributed by atoms with Crippen molar-refractivity contribution in [2.24, 2.45) is 5.92 Å². The Morgan fingerprint density at radius 3 is 2.78 bits per heavy atom. The van der Waals surface area contributed by atoms with Gasteiger partial charge in [-0.1, -0.05) is 13.0 Å². The van der Waals surface area contributed by atoms with Crippen molar-refractivity contribution in [3.63, 3.8) is 0 Å². The molecule has 0 spiro atoms. The summed E-state index contributed by atoms with van der Waals surface area (Å²) < 4.78 is 0. The summed E-state index contributed by atoms with van der Waals surface area (Å²) >= 11 is 1.75. The number of allylic oxidation sites excluding steroid dienone is 1. The highest BCUT2D eigenvalue weighted by molar-refractivity contribution is 7.15. The van der Waals surface area contributed by atoms with Gasteiger partial charge in [0.2, 0.25) is 0 Å². The number of thiophene rings is 1. The van der Waals surface area contributed by atoms with E-state index in [0.717, 1.165) is 66.5 Å². The molecule has 0 bridgehead atoms. The van der Waals surface area contributed by atoms with Gasteiger partial charge in [-0.2, -0.15) is 5.10 Å². The first-order valence-corrected chi connectivity index (χ1v) is 13.3. The Morgan fingerprint density at radius 2 is 1.97 bits per heavy atom. The number of pyridine rings is 3. The van der Waals surface area contributed by atoms with Gasteiger partial charge in [0.15, 0.2) is 0 Å². The Labute approximate surface area is 217 Å². The fraction of sp³-hybridized carbons (Fsp3) is 0.172. The van der Waals surface area contributed by atoms with Crippen LogP contribution in [0, 0.1) is 12.8 Å². The average Bonchev–Trinajstić information content (AvgIpc) is 3.60. The SMILES string of the molecule is C=C(Nc1cncc(-c2ccc3[nH]nc(-c4cc5c(-c6ccc(C)s6)nccc5[nH]4)c3n2)c1)C1CCC1. The summed E-state index contributed by atoms with van der Waals surface area (Å²) in [6, 6.07) is 14.5. The smallest absolute Gasteiger partial charge is 0.135 e.